The molecule has 1 N–H and O–H groups in total. The molecule has 0 aliphatic heterocycles. The van der Waals surface area contributed by atoms with E-state index in [-0.39, 0.29) is 6.04 Å². The lowest BCUT2D eigenvalue weighted by Gasteiger charge is -2.20. The highest BCUT2D eigenvalue weighted by Crippen LogP contribution is 2.28. The van der Waals surface area contributed by atoms with Gasteiger partial charge in [0.05, 0.1) is 6.04 Å². The predicted molar refractivity (Wildman–Crippen MR) is 90.6 cm³/mol. The van der Waals surface area contributed by atoms with Crippen LogP contribution in [0.4, 0.5) is 0 Å². The molecule has 0 radical (unpaired) electrons. The Kier molecular flexibility index (Phi) is 5.25. The Hall–Kier alpha value is -0.830. The quantitative estimate of drug-likeness (QED) is 0.775. The summed E-state index contributed by atoms with van der Waals surface area (Å²) in [5.74, 6) is 0. The fraction of sp³-hybridized carbons (Fsp3) is 0.294. The molecule has 0 aromatic heterocycles. The molecule has 0 aliphatic rings. The monoisotopic (exact) mass is 351 g/mol. The van der Waals surface area contributed by atoms with Crippen LogP contribution in [-0.4, -0.2) is 6.54 Å². The summed E-state index contributed by atoms with van der Waals surface area (Å²) in [6.45, 7) is 7.16. The molecule has 1 nitrogen and oxygen atoms in total. The van der Waals surface area contributed by atoms with Crippen LogP contribution in [0.5, 0.6) is 0 Å². The molecule has 1 atom stereocenters. The molecule has 0 fully saturated rings. The highest BCUT2D eigenvalue weighted by Gasteiger charge is 2.14. The van der Waals surface area contributed by atoms with Crippen molar-refractivity contribution < 1.29 is 0 Å². The molecule has 106 valence electrons. The second-order valence-corrected chi connectivity index (χ2v) is 6.27. The highest BCUT2D eigenvalue weighted by atomic mass is 79.9. The van der Waals surface area contributed by atoms with Crippen LogP contribution in [0.2, 0.25) is 5.02 Å². The molecule has 2 aromatic rings. The summed E-state index contributed by atoms with van der Waals surface area (Å²) >= 11 is 9.82. The van der Waals surface area contributed by atoms with E-state index in [2.05, 4.69) is 71.5 Å². The van der Waals surface area contributed by atoms with Crippen molar-refractivity contribution in [3.63, 3.8) is 0 Å². The van der Waals surface area contributed by atoms with Crippen LogP contribution in [-0.2, 0) is 0 Å². The second kappa shape index (κ2) is 6.75. The maximum absolute atomic E-state index is 6.27. The smallest absolute Gasteiger partial charge is 0.0577 e. The van der Waals surface area contributed by atoms with Gasteiger partial charge < -0.3 is 5.32 Å². The second-order valence-electron chi connectivity index (χ2n) is 5.01. The molecule has 20 heavy (non-hydrogen) atoms. The van der Waals surface area contributed by atoms with Gasteiger partial charge in [-0.1, -0.05) is 58.7 Å². The van der Waals surface area contributed by atoms with E-state index in [4.69, 9.17) is 11.6 Å². The first-order valence-electron chi connectivity index (χ1n) is 6.78. The lowest BCUT2D eigenvalue weighted by molar-refractivity contribution is 0.630. The molecule has 0 spiro atoms. The summed E-state index contributed by atoms with van der Waals surface area (Å²) in [5.41, 5.74) is 4.80. The van der Waals surface area contributed by atoms with Gasteiger partial charge in [0, 0.05) is 9.50 Å². The zero-order chi connectivity index (χ0) is 14.7. The Morgan fingerprint density at radius 1 is 1.05 bits per heavy atom. The molecule has 0 bridgehead atoms. The number of benzene rings is 2. The van der Waals surface area contributed by atoms with Crippen LogP contribution < -0.4 is 5.32 Å². The molecule has 0 heterocycles. The van der Waals surface area contributed by atoms with Gasteiger partial charge in [-0.15, -0.1) is 0 Å². The molecule has 2 aromatic carbocycles. The Morgan fingerprint density at radius 2 is 1.70 bits per heavy atom. The van der Waals surface area contributed by atoms with E-state index in [1.54, 1.807) is 0 Å². The third-order valence-corrected chi connectivity index (χ3v) is 4.75. The highest BCUT2D eigenvalue weighted by molar-refractivity contribution is 9.10. The van der Waals surface area contributed by atoms with Gasteiger partial charge in [0.1, 0.15) is 0 Å². The third kappa shape index (κ3) is 3.43. The minimum Gasteiger partial charge on any atom is -0.307 e. The summed E-state index contributed by atoms with van der Waals surface area (Å²) in [6.07, 6.45) is 0. The Balaban J connectivity index is 2.44. The van der Waals surface area contributed by atoms with Crippen LogP contribution in [0, 0.1) is 13.8 Å². The van der Waals surface area contributed by atoms with Crippen LogP contribution >= 0.6 is 27.5 Å². The number of nitrogens with one attached hydrogen (secondary N) is 1. The molecule has 0 amide bonds. The van der Waals surface area contributed by atoms with Crippen molar-refractivity contribution in [3.05, 3.63) is 68.1 Å². The minimum atomic E-state index is 0.171. The molecular formula is C17H19BrClN. The summed E-state index contributed by atoms with van der Waals surface area (Å²) in [7, 11) is 0. The van der Waals surface area contributed by atoms with Crippen molar-refractivity contribution in [2.45, 2.75) is 26.8 Å². The Labute approximate surface area is 134 Å². The van der Waals surface area contributed by atoms with E-state index in [1.165, 1.54) is 16.7 Å². The van der Waals surface area contributed by atoms with Crippen molar-refractivity contribution in [3.8, 4) is 0 Å². The van der Waals surface area contributed by atoms with Gasteiger partial charge in [-0.05, 0) is 54.8 Å². The van der Waals surface area contributed by atoms with E-state index >= 15 is 0 Å². The van der Waals surface area contributed by atoms with Crippen molar-refractivity contribution in [1.82, 2.24) is 5.32 Å². The van der Waals surface area contributed by atoms with Crippen molar-refractivity contribution in [1.29, 1.82) is 0 Å². The van der Waals surface area contributed by atoms with Crippen LogP contribution in [0.25, 0.3) is 0 Å². The van der Waals surface area contributed by atoms with Gasteiger partial charge in [-0.2, -0.15) is 0 Å². The summed E-state index contributed by atoms with van der Waals surface area (Å²) in [6, 6.07) is 12.9. The van der Waals surface area contributed by atoms with Crippen LogP contribution in [0.3, 0.4) is 0 Å². The first-order chi connectivity index (χ1) is 9.52. The van der Waals surface area contributed by atoms with E-state index < -0.39 is 0 Å². The first kappa shape index (κ1) is 15.6. The van der Waals surface area contributed by atoms with Crippen LogP contribution in [0.1, 0.15) is 35.2 Å². The molecule has 0 saturated heterocycles. The lowest BCUT2D eigenvalue weighted by atomic mass is 9.96. The maximum atomic E-state index is 6.27. The molecular weight excluding hydrogens is 334 g/mol. The summed E-state index contributed by atoms with van der Waals surface area (Å²) < 4.78 is 1.14. The standard InChI is InChI=1S/C17H19BrClN/c1-4-20-17(13-7-8-15(18)12(3)9-13)14-6-5-11(2)16(19)10-14/h5-10,17,20H,4H2,1-3H3. The SMILES string of the molecule is CCNC(c1ccc(Br)c(C)c1)c1ccc(C)c(Cl)c1. The van der Waals surface area contributed by atoms with Crippen molar-refractivity contribution >= 4 is 27.5 Å². The average Bonchev–Trinajstić information content (AvgIpc) is 2.43. The number of rotatable bonds is 4. The van der Waals surface area contributed by atoms with Gasteiger partial charge in [0.15, 0.2) is 0 Å². The van der Waals surface area contributed by atoms with Crippen molar-refractivity contribution in [2.24, 2.45) is 0 Å². The Bertz CT molecular complexity index is 558. The number of hydrogen-bond acceptors (Lipinski definition) is 1. The molecule has 1 unspecified atom stereocenters. The van der Waals surface area contributed by atoms with Gasteiger partial charge in [-0.25, -0.2) is 0 Å². The Morgan fingerprint density at radius 3 is 2.30 bits per heavy atom. The van der Waals surface area contributed by atoms with E-state index in [0.29, 0.717) is 0 Å². The number of aryl methyl sites for hydroxylation is 2. The van der Waals surface area contributed by atoms with Gasteiger partial charge >= 0.3 is 0 Å². The van der Waals surface area contributed by atoms with Gasteiger partial charge in [-0.3, -0.25) is 0 Å². The minimum absolute atomic E-state index is 0.171. The first-order valence-corrected chi connectivity index (χ1v) is 7.95. The van der Waals surface area contributed by atoms with E-state index in [9.17, 15) is 0 Å². The molecule has 2 rings (SSSR count). The van der Waals surface area contributed by atoms with Crippen molar-refractivity contribution in [2.75, 3.05) is 6.54 Å². The van der Waals surface area contributed by atoms with Crippen LogP contribution in [0.15, 0.2) is 40.9 Å². The van der Waals surface area contributed by atoms with Gasteiger partial charge in [0.25, 0.3) is 0 Å². The number of hydrogen-bond donors (Lipinski definition) is 1. The lowest BCUT2D eigenvalue weighted by Crippen LogP contribution is -2.22. The largest absolute Gasteiger partial charge is 0.307 e. The number of halogens is 2. The normalized spacial score (nSPS) is 12.4. The fourth-order valence-electron chi connectivity index (χ4n) is 2.27. The molecule has 0 saturated carbocycles. The van der Waals surface area contributed by atoms with E-state index in [1.807, 2.05) is 6.92 Å². The summed E-state index contributed by atoms with van der Waals surface area (Å²) in [5, 5.41) is 4.35. The predicted octanol–water partition coefficient (Wildman–Crippen LogP) is 5.42. The summed E-state index contributed by atoms with van der Waals surface area (Å²) in [4.78, 5) is 0. The van der Waals surface area contributed by atoms with E-state index in [0.717, 1.165) is 21.6 Å². The third-order valence-electron chi connectivity index (χ3n) is 3.45. The fourth-order valence-corrected chi connectivity index (χ4v) is 2.70. The molecule has 3 heteroatoms. The van der Waals surface area contributed by atoms with Gasteiger partial charge in [0.2, 0.25) is 0 Å². The average molecular weight is 353 g/mol. The maximum Gasteiger partial charge on any atom is 0.0577 e. The zero-order valence-electron chi connectivity index (χ0n) is 12.0. The molecule has 0 aliphatic carbocycles. The topological polar surface area (TPSA) is 12.0 Å². The zero-order valence-corrected chi connectivity index (χ0v) is 14.3.